The van der Waals surface area contributed by atoms with Gasteiger partial charge >= 0.3 is 0 Å². The number of carbonyl (C=O) groups is 2. The predicted molar refractivity (Wildman–Crippen MR) is 92.4 cm³/mol. The number of rotatable bonds is 6. The van der Waals surface area contributed by atoms with Crippen LogP contribution in [-0.4, -0.2) is 26.0 Å². The molecule has 2 rings (SSSR count). The number of anilines is 2. The van der Waals surface area contributed by atoms with E-state index < -0.39 is 21.6 Å². The van der Waals surface area contributed by atoms with Crippen LogP contribution in [-0.2, 0) is 19.4 Å². The van der Waals surface area contributed by atoms with E-state index in [0.717, 1.165) is 0 Å². The quantitative estimate of drug-likeness (QED) is 0.824. The SMILES string of the molecule is CC(=O)Nc1ccc(S(=O)(=O)CCC(=O)Nc2ccc(F)cc2)cc1. The van der Waals surface area contributed by atoms with Gasteiger partial charge in [-0.3, -0.25) is 9.59 Å². The maximum absolute atomic E-state index is 12.8. The van der Waals surface area contributed by atoms with E-state index in [1.165, 1.54) is 55.5 Å². The number of sulfone groups is 1. The molecule has 0 atom stereocenters. The highest BCUT2D eigenvalue weighted by atomic mass is 32.2. The second-order valence-electron chi connectivity index (χ2n) is 5.33. The summed E-state index contributed by atoms with van der Waals surface area (Å²) in [7, 11) is -3.63. The van der Waals surface area contributed by atoms with Gasteiger partial charge in [-0.05, 0) is 48.5 Å². The number of amides is 2. The van der Waals surface area contributed by atoms with E-state index in [2.05, 4.69) is 10.6 Å². The average molecular weight is 364 g/mol. The molecule has 2 amide bonds. The van der Waals surface area contributed by atoms with Crippen molar-refractivity contribution in [1.82, 2.24) is 0 Å². The number of nitrogens with one attached hydrogen (secondary N) is 2. The first kappa shape index (κ1) is 18.6. The second-order valence-corrected chi connectivity index (χ2v) is 7.44. The largest absolute Gasteiger partial charge is 0.326 e. The molecule has 6 nitrogen and oxygen atoms in total. The smallest absolute Gasteiger partial charge is 0.225 e. The van der Waals surface area contributed by atoms with E-state index in [1.807, 2.05) is 0 Å². The van der Waals surface area contributed by atoms with Crippen molar-refractivity contribution in [2.45, 2.75) is 18.2 Å². The van der Waals surface area contributed by atoms with Gasteiger partial charge in [-0.1, -0.05) is 0 Å². The maximum atomic E-state index is 12.8. The first-order valence-corrected chi connectivity index (χ1v) is 9.07. The normalized spacial score (nSPS) is 11.0. The minimum atomic E-state index is -3.63. The Bertz CT molecular complexity index is 863. The molecule has 0 saturated heterocycles. The Morgan fingerprint density at radius 2 is 1.44 bits per heavy atom. The standard InChI is InChI=1S/C17H17FN2O4S/c1-12(21)19-14-6-8-16(9-7-14)25(23,24)11-10-17(22)20-15-4-2-13(18)3-5-15/h2-9H,10-11H2,1H3,(H,19,21)(H,20,22). The van der Waals surface area contributed by atoms with Gasteiger partial charge in [0.2, 0.25) is 11.8 Å². The first-order valence-electron chi connectivity index (χ1n) is 7.42. The van der Waals surface area contributed by atoms with Gasteiger partial charge in [0, 0.05) is 24.7 Å². The van der Waals surface area contributed by atoms with Crippen molar-refractivity contribution in [2.75, 3.05) is 16.4 Å². The lowest BCUT2D eigenvalue weighted by Gasteiger charge is -2.07. The Balaban J connectivity index is 1.95. The van der Waals surface area contributed by atoms with Gasteiger partial charge in [0.1, 0.15) is 5.82 Å². The van der Waals surface area contributed by atoms with Crippen LogP contribution in [0.2, 0.25) is 0 Å². The van der Waals surface area contributed by atoms with E-state index in [-0.39, 0.29) is 23.0 Å². The van der Waals surface area contributed by atoms with Crippen LogP contribution in [0, 0.1) is 5.82 Å². The molecule has 0 bridgehead atoms. The predicted octanol–water partition coefficient (Wildman–Crippen LogP) is 2.59. The summed E-state index contributed by atoms with van der Waals surface area (Å²) < 4.78 is 37.3. The fraction of sp³-hybridized carbons (Fsp3) is 0.176. The third-order valence-corrected chi connectivity index (χ3v) is 4.99. The fourth-order valence-electron chi connectivity index (χ4n) is 2.05. The summed E-state index contributed by atoms with van der Waals surface area (Å²) in [6.45, 7) is 1.35. The highest BCUT2D eigenvalue weighted by molar-refractivity contribution is 7.91. The van der Waals surface area contributed by atoms with E-state index in [9.17, 15) is 22.4 Å². The summed E-state index contributed by atoms with van der Waals surface area (Å²) in [6.07, 6.45) is -0.229. The van der Waals surface area contributed by atoms with Gasteiger partial charge in [-0.2, -0.15) is 0 Å². The van der Waals surface area contributed by atoms with Crippen LogP contribution in [0.3, 0.4) is 0 Å². The molecule has 0 fully saturated rings. The van der Waals surface area contributed by atoms with Crippen LogP contribution < -0.4 is 10.6 Å². The van der Waals surface area contributed by atoms with Gasteiger partial charge in [0.25, 0.3) is 0 Å². The minimum Gasteiger partial charge on any atom is -0.326 e. The van der Waals surface area contributed by atoms with Crippen molar-refractivity contribution in [3.05, 3.63) is 54.3 Å². The van der Waals surface area contributed by atoms with Crippen molar-refractivity contribution in [3.8, 4) is 0 Å². The molecule has 0 aliphatic rings. The van der Waals surface area contributed by atoms with Crippen molar-refractivity contribution in [3.63, 3.8) is 0 Å². The van der Waals surface area contributed by atoms with Crippen molar-refractivity contribution in [2.24, 2.45) is 0 Å². The highest BCUT2D eigenvalue weighted by Gasteiger charge is 2.16. The van der Waals surface area contributed by atoms with Gasteiger partial charge < -0.3 is 10.6 Å². The Kier molecular flexibility index (Phi) is 5.87. The molecule has 0 radical (unpaired) electrons. The second kappa shape index (κ2) is 7.89. The van der Waals surface area contributed by atoms with Gasteiger partial charge in [-0.15, -0.1) is 0 Å². The summed E-state index contributed by atoms with van der Waals surface area (Å²) in [4.78, 5) is 22.8. The summed E-state index contributed by atoms with van der Waals surface area (Å²) in [5, 5.41) is 5.05. The Morgan fingerprint density at radius 1 is 0.920 bits per heavy atom. The van der Waals surface area contributed by atoms with Crippen LogP contribution in [0.25, 0.3) is 0 Å². The molecular formula is C17H17FN2O4S. The number of hydrogen-bond donors (Lipinski definition) is 2. The molecule has 0 aliphatic carbocycles. The lowest BCUT2D eigenvalue weighted by molar-refractivity contribution is -0.116. The Hall–Kier alpha value is -2.74. The zero-order chi connectivity index (χ0) is 18.4. The zero-order valence-electron chi connectivity index (χ0n) is 13.5. The number of benzene rings is 2. The van der Waals surface area contributed by atoms with E-state index in [0.29, 0.717) is 11.4 Å². The third kappa shape index (κ3) is 5.68. The molecule has 8 heteroatoms. The van der Waals surface area contributed by atoms with Gasteiger partial charge in [0.15, 0.2) is 9.84 Å². The van der Waals surface area contributed by atoms with Gasteiger partial charge in [0.05, 0.1) is 10.6 Å². The summed E-state index contributed by atoms with van der Waals surface area (Å²) in [5.41, 5.74) is 0.879. The molecule has 0 unspecified atom stereocenters. The number of carbonyl (C=O) groups excluding carboxylic acids is 2. The Morgan fingerprint density at radius 3 is 2.00 bits per heavy atom. The molecule has 2 N–H and O–H groups in total. The number of halogens is 1. The van der Waals surface area contributed by atoms with Crippen molar-refractivity contribution < 1.29 is 22.4 Å². The molecule has 2 aromatic carbocycles. The topological polar surface area (TPSA) is 92.3 Å². The third-order valence-electron chi connectivity index (χ3n) is 3.26. The van der Waals surface area contributed by atoms with E-state index in [1.54, 1.807) is 0 Å². The summed E-state index contributed by atoms with van der Waals surface area (Å²) in [6, 6.07) is 10.9. The van der Waals surface area contributed by atoms with Gasteiger partial charge in [-0.25, -0.2) is 12.8 Å². The lowest BCUT2D eigenvalue weighted by atomic mass is 10.3. The summed E-state index contributed by atoms with van der Waals surface area (Å²) >= 11 is 0. The molecule has 25 heavy (non-hydrogen) atoms. The zero-order valence-corrected chi connectivity index (χ0v) is 14.3. The van der Waals surface area contributed by atoms with Crippen LogP contribution in [0.4, 0.5) is 15.8 Å². The minimum absolute atomic E-state index is 0.0659. The first-order chi connectivity index (χ1) is 11.8. The van der Waals surface area contributed by atoms with Crippen molar-refractivity contribution >= 4 is 33.0 Å². The molecule has 132 valence electrons. The van der Waals surface area contributed by atoms with E-state index in [4.69, 9.17) is 0 Å². The molecule has 0 spiro atoms. The molecule has 0 saturated carbocycles. The summed E-state index contributed by atoms with van der Waals surface area (Å²) in [5.74, 6) is -1.53. The molecule has 0 aromatic heterocycles. The van der Waals surface area contributed by atoms with Crippen LogP contribution in [0.15, 0.2) is 53.4 Å². The fourth-order valence-corrected chi connectivity index (χ4v) is 3.29. The monoisotopic (exact) mass is 364 g/mol. The van der Waals surface area contributed by atoms with Crippen LogP contribution >= 0.6 is 0 Å². The molecular weight excluding hydrogens is 347 g/mol. The number of hydrogen-bond acceptors (Lipinski definition) is 4. The average Bonchev–Trinajstić information content (AvgIpc) is 2.55. The molecule has 2 aromatic rings. The maximum Gasteiger partial charge on any atom is 0.225 e. The van der Waals surface area contributed by atoms with Crippen LogP contribution in [0.1, 0.15) is 13.3 Å². The van der Waals surface area contributed by atoms with E-state index >= 15 is 0 Å². The Labute approximate surface area is 145 Å². The highest BCUT2D eigenvalue weighted by Crippen LogP contribution is 2.16. The van der Waals surface area contributed by atoms with Crippen LogP contribution in [0.5, 0.6) is 0 Å². The lowest BCUT2D eigenvalue weighted by Crippen LogP contribution is -2.17. The molecule has 0 aliphatic heterocycles. The van der Waals surface area contributed by atoms with Crippen molar-refractivity contribution in [1.29, 1.82) is 0 Å². The molecule has 0 heterocycles.